The summed E-state index contributed by atoms with van der Waals surface area (Å²) >= 11 is 0. The van der Waals surface area contributed by atoms with Crippen LogP contribution in [0.25, 0.3) is 0 Å². The monoisotopic (exact) mass is 177 g/mol. The van der Waals surface area contributed by atoms with Crippen LogP contribution < -0.4 is 5.73 Å². The number of ether oxygens (including phenoxy) is 1. The van der Waals surface area contributed by atoms with Crippen molar-refractivity contribution in [3.8, 4) is 0 Å². The van der Waals surface area contributed by atoms with Gasteiger partial charge in [0, 0.05) is 0 Å². The molecule has 1 aliphatic heterocycles. The molecule has 0 unspecified atom stereocenters. The van der Waals surface area contributed by atoms with E-state index in [0.717, 1.165) is 6.42 Å². The third-order valence-corrected chi connectivity index (χ3v) is 2.67. The quantitative estimate of drug-likeness (QED) is 0.712. The highest BCUT2D eigenvalue weighted by Crippen LogP contribution is 2.28. The molecule has 1 heterocycles. The number of rotatable bonds is 1. The molecular weight excluding hydrogens is 162 g/mol. The van der Waals surface area contributed by atoms with E-state index in [0.29, 0.717) is 6.61 Å². The molecular formula is C11H15NO. The fourth-order valence-corrected chi connectivity index (χ4v) is 1.86. The first kappa shape index (κ1) is 8.73. The van der Waals surface area contributed by atoms with Crippen molar-refractivity contribution in [1.82, 2.24) is 0 Å². The lowest BCUT2D eigenvalue weighted by atomic mass is 9.93. The summed E-state index contributed by atoms with van der Waals surface area (Å²) in [6, 6.07) is 8.31. The van der Waals surface area contributed by atoms with Crippen molar-refractivity contribution in [1.29, 1.82) is 0 Å². The van der Waals surface area contributed by atoms with Gasteiger partial charge in [-0.2, -0.15) is 0 Å². The average Bonchev–Trinajstić information content (AvgIpc) is 2.19. The second kappa shape index (κ2) is 3.48. The highest BCUT2D eigenvalue weighted by atomic mass is 16.5. The zero-order chi connectivity index (χ0) is 9.26. The van der Waals surface area contributed by atoms with Crippen molar-refractivity contribution in [3.63, 3.8) is 0 Å². The third-order valence-electron chi connectivity index (χ3n) is 2.67. The Labute approximate surface area is 78.7 Å². The van der Waals surface area contributed by atoms with Crippen molar-refractivity contribution in [3.05, 3.63) is 35.4 Å². The van der Waals surface area contributed by atoms with Gasteiger partial charge in [0.05, 0.1) is 18.8 Å². The Kier molecular flexibility index (Phi) is 2.34. The number of hydrogen-bond acceptors (Lipinski definition) is 2. The summed E-state index contributed by atoms with van der Waals surface area (Å²) in [7, 11) is 0. The number of benzene rings is 1. The second-order valence-electron chi connectivity index (χ2n) is 3.48. The maximum atomic E-state index is 6.08. The Balaban J connectivity index is 2.33. The zero-order valence-electron chi connectivity index (χ0n) is 7.86. The zero-order valence-corrected chi connectivity index (χ0v) is 7.86. The summed E-state index contributed by atoms with van der Waals surface area (Å²) < 4.78 is 5.64. The van der Waals surface area contributed by atoms with Crippen molar-refractivity contribution >= 4 is 0 Å². The minimum Gasteiger partial charge on any atom is -0.372 e. The van der Waals surface area contributed by atoms with Crippen LogP contribution in [0.3, 0.4) is 0 Å². The van der Waals surface area contributed by atoms with E-state index < -0.39 is 0 Å². The average molecular weight is 177 g/mol. The van der Waals surface area contributed by atoms with Crippen LogP contribution in [0.5, 0.6) is 0 Å². The van der Waals surface area contributed by atoms with Crippen LogP contribution in [0.15, 0.2) is 24.3 Å². The van der Waals surface area contributed by atoms with E-state index in [4.69, 9.17) is 10.5 Å². The predicted octanol–water partition coefficient (Wildman–Crippen LogP) is 2.00. The lowest BCUT2D eigenvalue weighted by Gasteiger charge is -2.30. The van der Waals surface area contributed by atoms with Crippen LogP contribution >= 0.6 is 0 Å². The first-order chi connectivity index (χ1) is 6.33. The Hall–Kier alpha value is -0.860. The molecule has 0 aromatic heterocycles. The van der Waals surface area contributed by atoms with E-state index in [9.17, 15) is 0 Å². The molecule has 0 spiro atoms. The molecule has 2 nitrogen and oxygen atoms in total. The molecule has 0 aliphatic carbocycles. The molecule has 0 saturated heterocycles. The van der Waals surface area contributed by atoms with Gasteiger partial charge in [0.25, 0.3) is 0 Å². The first-order valence-electron chi connectivity index (χ1n) is 4.78. The first-order valence-corrected chi connectivity index (χ1v) is 4.78. The fraction of sp³-hybridized carbons (Fsp3) is 0.455. The van der Waals surface area contributed by atoms with Crippen LogP contribution in [0.4, 0.5) is 0 Å². The Morgan fingerprint density at radius 3 is 3.00 bits per heavy atom. The topological polar surface area (TPSA) is 35.2 Å². The van der Waals surface area contributed by atoms with Gasteiger partial charge in [-0.1, -0.05) is 31.2 Å². The second-order valence-corrected chi connectivity index (χ2v) is 3.48. The molecule has 13 heavy (non-hydrogen) atoms. The van der Waals surface area contributed by atoms with Gasteiger partial charge in [0.1, 0.15) is 0 Å². The van der Waals surface area contributed by atoms with E-state index in [1.165, 1.54) is 11.1 Å². The van der Waals surface area contributed by atoms with Crippen molar-refractivity contribution in [2.45, 2.75) is 32.1 Å². The van der Waals surface area contributed by atoms with Crippen LogP contribution in [0.1, 0.15) is 30.5 Å². The SMILES string of the molecule is CC[C@H]1OCc2ccccc2[C@@H]1N. The standard InChI is InChI=1S/C11H15NO/c1-2-10-11(12)9-6-4-3-5-8(9)7-13-10/h3-6,10-11H,2,7,12H2,1H3/t10-,11+/m1/s1. The minimum atomic E-state index is 0.0509. The van der Waals surface area contributed by atoms with E-state index >= 15 is 0 Å². The minimum absolute atomic E-state index is 0.0509. The van der Waals surface area contributed by atoms with Crippen molar-refractivity contribution < 1.29 is 4.74 Å². The summed E-state index contributed by atoms with van der Waals surface area (Å²) in [6.07, 6.45) is 1.17. The molecule has 70 valence electrons. The molecule has 0 saturated carbocycles. The Morgan fingerprint density at radius 2 is 2.23 bits per heavy atom. The van der Waals surface area contributed by atoms with Gasteiger partial charge in [0.15, 0.2) is 0 Å². The molecule has 0 bridgehead atoms. The number of hydrogen-bond donors (Lipinski definition) is 1. The third kappa shape index (κ3) is 1.47. The van der Waals surface area contributed by atoms with E-state index in [1.54, 1.807) is 0 Å². The maximum Gasteiger partial charge on any atom is 0.0769 e. The van der Waals surface area contributed by atoms with Gasteiger partial charge in [-0.3, -0.25) is 0 Å². The maximum absolute atomic E-state index is 6.08. The van der Waals surface area contributed by atoms with Gasteiger partial charge in [-0.25, -0.2) is 0 Å². The molecule has 1 aromatic carbocycles. The molecule has 2 atom stereocenters. The molecule has 1 aliphatic rings. The summed E-state index contributed by atoms with van der Waals surface area (Å²) in [5.41, 5.74) is 8.56. The van der Waals surface area contributed by atoms with Crippen LogP contribution in [-0.2, 0) is 11.3 Å². The summed E-state index contributed by atoms with van der Waals surface area (Å²) in [6.45, 7) is 2.82. The highest BCUT2D eigenvalue weighted by molar-refractivity contribution is 5.31. The largest absolute Gasteiger partial charge is 0.372 e. The van der Waals surface area contributed by atoms with Crippen molar-refractivity contribution in [2.75, 3.05) is 0 Å². The van der Waals surface area contributed by atoms with Gasteiger partial charge in [-0.15, -0.1) is 0 Å². The Morgan fingerprint density at radius 1 is 1.46 bits per heavy atom. The lowest BCUT2D eigenvalue weighted by Crippen LogP contribution is -2.33. The van der Waals surface area contributed by atoms with Crippen LogP contribution in [0, 0.1) is 0 Å². The number of nitrogens with two attached hydrogens (primary N) is 1. The van der Waals surface area contributed by atoms with Crippen LogP contribution in [-0.4, -0.2) is 6.10 Å². The van der Waals surface area contributed by atoms with E-state index in [2.05, 4.69) is 19.1 Å². The summed E-state index contributed by atoms with van der Waals surface area (Å²) in [4.78, 5) is 0. The predicted molar refractivity (Wildman–Crippen MR) is 52.2 cm³/mol. The van der Waals surface area contributed by atoms with Gasteiger partial charge in [0.2, 0.25) is 0 Å². The molecule has 2 N–H and O–H groups in total. The van der Waals surface area contributed by atoms with Crippen molar-refractivity contribution in [2.24, 2.45) is 5.73 Å². The smallest absolute Gasteiger partial charge is 0.0769 e. The van der Waals surface area contributed by atoms with E-state index in [1.807, 2.05) is 12.1 Å². The van der Waals surface area contributed by atoms with Gasteiger partial charge >= 0.3 is 0 Å². The molecule has 0 radical (unpaired) electrons. The molecule has 2 rings (SSSR count). The summed E-state index contributed by atoms with van der Waals surface area (Å²) in [5.74, 6) is 0. The molecule has 1 aromatic rings. The van der Waals surface area contributed by atoms with E-state index in [-0.39, 0.29) is 12.1 Å². The lowest BCUT2D eigenvalue weighted by molar-refractivity contribution is 0.00680. The van der Waals surface area contributed by atoms with Crippen LogP contribution in [0.2, 0.25) is 0 Å². The summed E-state index contributed by atoms with van der Waals surface area (Å²) in [5, 5.41) is 0. The van der Waals surface area contributed by atoms with Gasteiger partial charge < -0.3 is 10.5 Å². The molecule has 0 amide bonds. The normalized spacial score (nSPS) is 26.9. The van der Waals surface area contributed by atoms with Gasteiger partial charge in [-0.05, 0) is 17.5 Å². The number of fused-ring (bicyclic) bond motifs is 1. The Bertz CT molecular complexity index is 298. The highest BCUT2D eigenvalue weighted by Gasteiger charge is 2.25. The molecule has 0 fully saturated rings. The fourth-order valence-electron chi connectivity index (χ4n) is 1.86. The molecule has 2 heteroatoms.